The van der Waals surface area contributed by atoms with E-state index in [2.05, 4.69) is 30.2 Å². The molecule has 2 N–H and O–H groups in total. The summed E-state index contributed by atoms with van der Waals surface area (Å²) >= 11 is 6.64. The first kappa shape index (κ1) is 50.1. The van der Waals surface area contributed by atoms with Gasteiger partial charge in [0.25, 0.3) is 5.91 Å². The van der Waals surface area contributed by atoms with Gasteiger partial charge in [-0.2, -0.15) is 9.45 Å². The number of hydrogen-bond donors (Lipinski definition) is 2. The molecule has 4 aromatic carbocycles. The van der Waals surface area contributed by atoms with Crippen molar-refractivity contribution in [3.63, 3.8) is 0 Å². The minimum Gasteiger partial charge on any atom is -0.744 e. The zero-order valence-corrected chi connectivity index (χ0v) is 39.4. The summed E-state index contributed by atoms with van der Waals surface area (Å²) in [5, 5.41) is 28.7. The largest absolute Gasteiger partial charge is 1.00 e. The van der Waals surface area contributed by atoms with Crippen molar-refractivity contribution >= 4 is 90.7 Å². The molecule has 0 saturated heterocycles. The summed E-state index contributed by atoms with van der Waals surface area (Å²) in [5.74, 6) is -1.88. The van der Waals surface area contributed by atoms with Crippen molar-refractivity contribution in [1.29, 1.82) is 0 Å². The monoisotopic (exact) mass is 884 g/mol. The van der Waals surface area contributed by atoms with Crippen molar-refractivity contribution in [3.05, 3.63) is 83.1 Å². The smallest absolute Gasteiger partial charge is 0.744 e. The quantitative estimate of drug-likeness (QED) is 0.0347. The molecule has 1 atom stereocenters. The van der Waals surface area contributed by atoms with Crippen LogP contribution in [0.15, 0.2) is 92.5 Å². The van der Waals surface area contributed by atoms with Crippen LogP contribution in [-0.2, 0) is 38.7 Å². The molecular weight excluding hydrogens is 850 g/mol. The van der Waals surface area contributed by atoms with Crippen molar-refractivity contribution in [2.24, 2.45) is 15.6 Å². The van der Waals surface area contributed by atoms with Crippen LogP contribution in [0.3, 0.4) is 0 Å². The van der Waals surface area contributed by atoms with Crippen LogP contribution in [0.25, 0.3) is 10.8 Å². The van der Waals surface area contributed by atoms with Gasteiger partial charge in [0.05, 0.1) is 49.3 Å². The molecule has 1 unspecified atom stereocenters. The van der Waals surface area contributed by atoms with Crippen LogP contribution in [0.5, 0.6) is 11.5 Å². The number of carbonyl (C=O) groups excluding carboxylic acids is 4. The number of allylic oxidation sites excluding steroid dienone is 2. The summed E-state index contributed by atoms with van der Waals surface area (Å²) in [7, 11) is -5.04. The Bertz CT molecular complexity index is 2430. The number of anilines is 2. The van der Waals surface area contributed by atoms with Gasteiger partial charge in [0.1, 0.15) is 27.3 Å². The molecule has 2 amide bonds. The maximum absolute atomic E-state index is 13.4. The van der Waals surface area contributed by atoms with Crippen LogP contribution < -0.4 is 84.5 Å². The normalized spacial score (nSPS) is 13.5. The molecule has 4 aromatic rings. The molecule has 59 heavy (non-hydrogen) atoms. The summed E-state index contributed by atoms with van der Waals surface area (Å²) < 4.78 is 53.1. The van der Waals surface area contributed by atoms with Crippen LogP contribution in [0.1, 0.15) is 52.5 Å². The third-order valence-corrected chi connectivity index (χ3v) is 9.97. The fourth-order valence-electron chi connectivity index (χ4n) is 5.54. The topological polar surface area (TPSA) is 234 Å². The van der Waals surface area contributed by atoms with Crippen molar-refractivity contribution in [2.45, 2.75) is 69.8 Å². The number of hydrogen-bond acceptors (Lipinski definition) is 15. The summed E-state index contributed by atoms with van der Waals surface area (Å²) in [5.41, 5.74) is 0.125. The van der Waals surface area contributed by atoms with E-state index < -0.39 is 44.1 Å². The molecule has 0 spiro atoms. The molecule has 0 heterocycles. The second-order valence-electron chi connectivity index (χ2n) is 13.8. The third kappa shape index (κ3) is 13.4. The number of halogens is 1. The number of fused-ring (bicyclic) bond motifs is 1. The van der Waals surface area contributed by atoms with E-state index in [0.717, 1.165) is 24.6 Å². The molecule has 21 heteroatoms. The fraction of sp³-hybridized carbons (Fsp3) is 0.263. The van der Waals surface area contributed by atoms with Crippen molar-refractivity contribution in [3.8, 4) is 11.5 Å². The number of Topliss-reactive ketones (excluding diaryl/α,β-unsaturated/α-hetero) is 1. The standard InChI is InChI=1S/C38H37ClN4O12S2.2Na/c1-20-9-14-28(39)29(15-20)41-37(47)35(36(46)38(3,4)5)52-25-12-10-23(11-13-25)42-43-33-31(56-55-54-48)17-22-16-27(57(49,50)51)19-30(40-21(2)44)32(22)34(33)53-26-8-6-7-24(45)18-26;;/h9-19,35,48H,6-8H2,1-5H3,(H,40,44)(H,41,47)(H,49,50,51);;/q;2*+1/p-2. The van der Waals surface area contributed by atoms with Crippen molar-refractivity contribution in [1.82, 2.24) is 0 Å². The van der Waals surface area contributed by atoms with Gasteiger partial charge in [0.15, 0.2) is 17.3 Å². The molecule has 0 fully saturated rings. The van der Waals surface area contributed by atoms with Crippen molar-refractivity contribution < 1.29 is 115 Å². The first-order valence-electron chi connectivity index (χ1n) is 17.1. The number of rotatable bonds is 14. The van der Waals surface area contributed by atoms with Gasteiger partial charge in [-0.1, -0.05) is 38.4 Å². The first-order chi connectivity index (χ1) is 26.8. The molecule has 0 radical (unpaired) electrons. The van der Waals surface area contributed by atoms with Gasteiger partial charge in [-0.05, 0) is 78.9 Å². The van der Waals surface area contributed by atoms with E-state index in [0.29, 0.717) is 30.6 Å². The average Bonchev–Trinajstić information content (AvgIpc) is 3.13. The molecule has 0 aliphatic heterocycles. The molecule has 0 bridgehead atoms. The second kappa shape index (κ2) is 21.5. The Morgan fingerprint density at radius 3 is 2.25 bits per heavy atom. The SMILES string of the molecule is CC(=O)Nc1cc(S(=O)(=O)[O-])cc2cc(SOO[O-])c(N=Nc3ccc(OC(C(=O)Nc4cc(C)ccc4Cl)C(=O)C(C)(C)C)cc3)c(OC3=CC(=O)CCC3)c12.[Na+].[Na+]. The van der Waals surface area contributed by atoms with Crippen LogP contribution >= 0.6 is 23.6 Å². The van der Waals surface area contributed by atoms with E-state index in [1.807, 2.05) is 6.92 Å². The average molecular weight is 885 g/mol. The summed E-state index contributed by atoms with van der Waals surface area (Å²) in [6.07, 6.45) is 0.776. The number of ether oxygens (including phenoxy) is 2. The van der Waals surface area contributed by atoms with E-state index >= 15 is 0 Å². The first-order valence-corrected chi connectivity index (χ1v) is 19.6. The van der Waals surface area contributed by atoms with Gasteiger partial charge >= 0.3 is 59.1 Å². The molecule has 0 saturated carbocycles. The van der Waals surface area contributed by atoms with E-state index in [4.69, 9.17) is 21.1 Å². The number of amides is 2. The molecule has 1 aliphatic rings. The number of carbonyl (C=O) groups is 4. The van der Waals surface area contributed by atoms with Crippen LogP contribution in [-0.4, -0.2) is 42.5 Å². The van der Waals surface area contributed by atoms with Gasteiger partial charge in [0, 0.05) is 31.3 Å². The number of aryl methyl sites for hydroxylation is 1. The van der Waals surface area contributed by atoms with Gasteiger partial charge in [0.2, 0.25) is 12.0 Å². The Kier molecular flexibility index (Phi) is 18.3. The minimum atomic E-state index is -5.04. The Balaban J connectivity index is 0.00000465. The number of nitrogens with one attached hydrogen (secondary N) is 2. The number of azo groups is 1. The summed E-state index contributed by atoms with van der Waals surface area (Å²) in [6.45, 7) is 7.94. The Morgan fingerprint density at radius 2 is 1.64 bits per heavy atom. The number of ketones is 2. The summed E-state index contributed by atoms with van der Waals surface area (Å²) in [4.78, 5) is 50.8. The van der Waals surface area contributed by atoms with Crippen LogP contribution in [0, 0.1) is 12.3 Å². The predicted molar refractivity (Wildman–Crippen MR) is 206 cm³/mol. The molecule has 0 aromatic heterocycles. The van der Waals surface area contributed by atoms with E-state index in [1.165, 1.54) is 36.4 Å². The zero-order valence-electron chi connectivity index (χ0n) is 33.0. The van der Waals surface area contributed by atoms with Gasteiger partial charge < -0.3 is 29.9 Å². The van der Waals surface area contributed by atoms with E-state index in [1.54, 1.807) is 39.0 Å². The number of benzene rings is 4. The fourth-order valence-corrected chi connectivity index (χ4v) is 6.73. The maximum Gasteiger partial charge on any atom is 1.00 e. The predicted octanol–water partition coefficient (Wildman–Crippen LogP) is 1.34. The molecular formula is C38H35ClN4Na2O12S2. The van der Waals surface area contributed by atoms with E-state index in [9.17, 15) is 37.4 Å². The number of nitrogens with zero attached hydrogens (tertiary/aromatic N) is 2. The van der Waals surface area contributed by atoms with Crippen LogP contribution in [0.4, 0.5) is 22.7 Å². The molecule has 16 nitrogen and oxygen atoms in total. The Morgan fingerprint density at radius 1 is 0.949 bits per heavy atom. The van der Waals surface area contributed by atoms with E-state index in [-0.39, 0.29) is 126 Å². The zero-order chi connectivity index (χ0) is 41.7. The van der Waals surface area contributed by atoms with Crippen molar-refractivity contribution in [2.75, 3.05) is 10.6 Å². The Hall–Kier alpha value is -3.21. The molecule has 1 aliphatic carbocycles. The summed E-state index contributed by atoms with van der Waals surface area (Å²) in [6, 6.07) is 14.2. The van der Waals surface area contributed by atoms with Gasteiger partial charge in [-0.25, -0.2) is 8.42 Å². The Labute approximate surface area is 393 Å². The van der Waals surface area contributed by atoms with Crippen LogP contribution in [0.2, 0.25) is 5.02 Å². The second-order valence-corrected chi connectivity index (χ2v) is 16.3. The molecule has 5 rings (SSSR count). The third-order valence-electron chi connectivity index (χ3n) is 8.21. The minimum absolute atomic E-state index is 0. The molecule has 300 valence electrons. The van der Waals surface area contributed by atoms with Gasteiger partial charge in [-0.15, -0.1) is 5.11 Å². The maximum atomic E-state index is 13.4. The van der Waals surface area contributed by atoms with Gasteiger partial charge in [-0.3, -0.25) is 24.2 Å².